The van der Waals surface area contributed by atoms with Gasteiger partial charge in [0, 0.05) is 13.2 Å². The highest BCUT2D eigenvalue weighted by molar-refractivity contribution is 4.83. The lowest BCUT2D eigenvalue weighted by Gasteiger charge is -2.35. The molecule has 2 heterocycles. The second-order valence-corrected chi connectivity index (χ2v) is 2.83. The molecule has 0 radical (unpaired) electrons. The average molecular weight is 143 g/mol. The van der Waals surface area contributed by atoms with Crippen molar-refractivity contribution in [2.75, 3.05) is 26.4 Å². The van der Waals surface area contributed by atoms with Crippen molar-refractivity contribution < 1.29 is 9.47 Å². The van der Waals surface area contributed by atoms with Gasteiger partial charge in [0.15, 0.2) is 0 Å². The number of hydrogen-bond donors (Lipinski definition) is 1. The molecule has 0 unspecified atom stereocenters. The van der Waals surface area contributed by atoms with Crippen LogP contribution < -0.4 is 5.32 Å². The van der Waals surface area contributed by atoms with Crippen LogP contribution in [-0.4, -0.2) is 38.5 Å². The van der Waals surface area contributed by atoms with Gasteiger partial charge in [0.05, 0.1) is 25.4 Å². The topological polar surface area (TPSA) is 30.5 Å². The minimum atomic E-state index is 0.419. The lowest BCUT2D eigenvalue weighted by molar-refractivity contribution is -0.0780. The lowest BCUT2D eigenvalue weighted by atomic mass is 10.1. The first kappa shape index (κ1) is 6.58. The van der Waals surface area contributed by atoms with Gasteiger partial charge in [-0.25, -0.2) is 0 Å². The number of hydrogen-bond acceptors (Lipinski definition) is 3. The number of ether oxygens (including phenoxy) is 2. The molecule has 1 N–H and O–H groups in total. The van der Waals surface area contributed by atoms with E-state index in [1.807, 2.05) is 0 Å². The second-order valence-electron chi connectivity index (χ2n) is 2.83. The van der Waals surface area contributed by atoms with Crippen molar-refractivity contribution in [3.05, 3.63) is 0 Å². The Morgan fingerprint density at radius 3 is 3.20 bits per heavy atom. The lowest BCUT2D eigenvalue weighted by Crippen LogP contribution is -2.53. The highest BCUT2D eigenvalue weighted by Gasteiger charge is 2.28. The van der Waals surface area contributed by atoms with Gasteiger partial charge in [0.1, 0.15) is 0 Å². The standard InChI is InChI=1S/C7H13NO2/c1-3-9-5-6-7(1)10-4-2-8-6/h6-8H,1-5H2/t6-,7+/m1/s1. The van der Waals surface area contributed by atoms with E-state index in [0.717, 1.165) is 32.8 Å². The van der Waals surface area contributed by atoms with E-state index in [-0.39, 0.29) is 0 Å². The molecule has 0 aliphatic carbocycles. The molecular formula is C7H13NO2. The Kier molecular flexibility index (Phi) is 1.88. The molecule has 2 fully saturated rings. The van der Waals surface area contributed by atoms with Crippen molar-refractivity contribution in [3.8, 4) is 0 Å². The molecule has 3 heteroatoms. The van der Waals surface area contributed by atoms with Gasteiger partial charge >= 0.3 is 0 Å². The van der Waals surface area contributed by atoms with Crippen molar-refractivity contribution in [2.24, 2.45) is 0 Å². The molecule has 58 valence electrons. The Hall–Kier alpha value is -0.120. The van der Waals surface area contributed by atoms with Crippen LogP contribution in [0.4, 0.5) is 0 Å². The monoisotopic (exact) mass is 143 g/mol. The van der Waals surface area contributed by atoms with Crippen molar-refractivity contribution in [3.63, 3.8) is 0 Å². The summed E-state index contributed by atoms with van der Waals surface area (Å²) in [6.07, 6.45) is 1.47. The predicted molar refractivity (Wildman–Crippen MR) is 37.0 cm³/mol. The van der Waals surface area contributed by atoms with Gasteiger partial charge in [-0.1, -0.05) is 0 Å². The fourth-order valence-corrected chi connectivity index (χ4v) is 1.56. The number of fused-ring (bicyclic) bond motifs is 1. The number of morpholine rings is 1. The van der Waals surface area contributed by atoms with Gasteiger partial charge in [-0.05, 0) is 6.42 Å². The molecule has 0 spiro atoms. The van der Waals surface area contributed by atoms with E-state index in [1.165, 1.54) is 0 Å². The van der Waals surface area contributed by atoms with Crippen molar-refractivity contribution in [1.29, 1.82) is 0 Å². The quantitative estimate of drug-likeness (QED) is 0.508. The van der Waals surface area contributed by atoms with Gasteiger partial charge in [-0.15, -0.1) is 0 Å². The number of rotatable bonds is 0. The molecule has 2 atom stereocenters. The largest absolute Gasteiger partial charge is 0.380 e. The minimum Gasteiger partial charge on any atom is -0.380 e. The third-order valence-electron chi connectivity index (χ3n) is 2.13. The summed E-state index contributed by atoms with van der Waals surface area (Å²) in [5.74, 6) is 0. The first-order valence-corrected chi connectivity index (χ1v) is 3.89. The maximum atomic E-state index is 5.54. The smallest absolute Gasteiger partial charge is 0.0773 e. The van der Waals surface area contributed by atoms with Gasteiger partial charge in [-0.2, -0.15) is 0 Å². The molecule has 0 aromatic rings. The first-order chi connectivity index (χ1) is 4.97. The zero-order valence-corrected chi connectivity index (χ0v) is 6.01. The predicted octanol–water partition coefficient (Wildman–Crippen LogP) is -0.236. The third-order valence-corrected chi connectivity index (χ3v) is 2.13. The summed E-state index contributed by atoms with van der Waals surface area (Å²) < 4.78 is 10.8. The third kappa shape index (κ3) is 1.17. The van der Waals surface area contributed by atoms with Gasteiger partial charge < -0.3 is 14.8 Å². The van der Waals surface area contributed by atoms with Crippen LogP contribution in [-0.2, 0) is 9.47 Å². The molecule has 0 aromatic heterocycles. The summed E-state index contributed by atoms with van der Waals surface area (Å²) in [5, 5.41) is 3.37. The van der Waals surface area contributed by atoms with Crippen LogP contribution >= 0.6 is 0 Å². The number of nitrogens with one attached hydrogen (secondary N) is 1. The van der Waals surface area contributed by atoms with E-state index >= 15 is 0 Å². The second kappa shape index (κ2) is 2.86. The summed E-state index contributed by atoms with van der Waals surface area (Å²) >= 11 is 0. The Labute approximate surface area is 60.7 Å². The molecule has 0 saturated carbocycles. The van der Waals surface area contributed by atoms with Crippen LogP contribution in [0.3, 0.4) is 0 Å². The fraction of sp³-hybridized carbons (Fsp3) is 1.00. The molecule has 3 nitrogen and oxygen atoms in total. The molecule has 0 bridgehead atoms. The van der Waals surface area contributed by atoms with Crippen molar-refractivity contribution >= 4 is 0 Å². The van der Waals surface area contributed by atoms with Gasteiger partial charge in [0.2, 0.25) is 0 Å². The Morgan fingerprint density at radius 2 is 2.30 bits per heavy atom. The van der Waals surface area contributed by atoms with E-state index < -0.39 is 0 Å². The molecule has 0 aromatic carbocycles. The summed E-state index contributed by atoms with van der Waals surface area (Å²) in [6, 6.07) is 0.461. The highest BCUT2D eigenvalue weighted by atomic mass is 16.5. The van der Waals surface area contributed by atoms with Crippen LogP contribution in [0, 0.1) is 0 Å². The maximum absolute atomic E-state index is 5.54. The molecule has 2 aliphatic heterocycles. The zero-order chi connectivity index (χ0) is 6.81. The van der Waals surface area contributed by atoms with Crippen LogP contribution in [0.25, 0.3) is 0 Å². The first-order valence-electron chi connectivity index (χ1n) is 3.89. The van der Waals surface area contributed by atoms with Crippen LogP contribution in [0.2, 0.25) is 0 Å². The zero-order valence-electron chi connectivity index (χ0n) is 6.01. The average Bonchev–Trinajstić information content (AvgIpc) is 2.05. The summed E-state index contributed by atoms with van der Waals surface area (Å²) in [4.78, 5) is 0. The summed E-state index contributed by atoms with van der Waals surface area (Å²) in [5.41, 5.74) is 0. The summed E-state index contributed by atoms with van der Waals surface area (Å²) in [6.45, 7) is 3.53. The summed E-state index contributed by atoms with van der Waals surface area (Å²) in [7, 11) is 0. The van der Waals surface area contributed by atoms with E-state index in [1.54, 1.807) is 0 Å². The minimum absolute atomic E-state index is 0.419. The van der Waals surface area contributed by atoms with Crippen molar-refractivity contribution in [1.82, 2.24) is 5.32 Å². The SMILES string of the molecule is C1CO[C@H]2CCOC[C@H]2N1. The van der Waals surface area contributed by atoms with E-state index in [2.05, 4.69) is 5.32 Å². The maximum Gasteiger partial charge on any atom is 0.0773 e. The Bertz CT molecular complexity index is 92.2. The highest BCUT2D eigenvalue weighted by Crippen LogP contribution is 2.13. The molecule has 2 aliphatic rings. The molecule has 2 rings (SSSR count). The van der Waals surface area contributed by atoms with Crippen LogP contribution in [0.15, 0.2) is 0 Å². The molecular weight excluding hydrogens is 130 g/mol. The van der Waals surface area contributed by atoms with Gasteiger partial charge in [0.25, 0.3) is 0 Å². The van der Waals surface area contributed by atoms with E-state index in [9.17, 15) is 0 Å². The normalized spacial score (nSPS) is 40.8. The Balaban J connectivity index is 1.93. The van der Waals surface area contributed by atoms with Crippen LogP contribution in [0.5, 0.6) is 0 Å². The molecule has 2 saturated heterocycles. The fourth-order valence-electron chi connectivity index (χ4n) is 1.56. The molecule has 10 heavy (non-hydrogen) atoms. The van der Waals surface area contributed by atoms with E-state index in [0.29, 0.717) is 12.1 Å². The molecule has 0 amide bonds. The van der Waals surface area contributed by atoms with Crippen molar-refractivity contribution in [2.45, 2.75) is 18.6 Å². The Morgan fingerprint density at radius 1 is 1.30 bits per heavy atom. The van der Waals surface area contributed by atoms with E-state index in [4.69, 9.17) is 9.47 Å². The van der Waals surface area contributed by atoms with Gasteiger partial charge in [-0.3, -0.25) is 0 Å². The van der Waals surface area contributed by atoms with Crippen LogP contribution in [0.1, 0.15) is 6.42 Å².